The second-order valence-electron chi connectivity index (χ2n) is 5.67. The zero-order chi connectivity index (χ0) is 16.6. The maximum atomic E-state index is 11.8. The molecule has 0 fully saturated rings. The minimum absolute atomic E-state index is 0.365. The maximum absolute atomic E-state index is 11.8. The first-order chi connectivity index (χ1) is 10.9. The third-order valence-electron chi connectivity index (χ3n) is 3.84. The first-order valence-corrected chi connectivity index (χ1v) is 10.5. The van der Waals surface area contributed by atoms with Crippen molar-refractivity contribution >= 4 is 43.7 Å². The van der Waals surface area contributed by atoms with E-state index in [1.54, 1.807) is 23.5 Å². The highest BCUT2D eigenvalue weighted by Crippen LogP contribution is 2.28. The van der Waals surface area contributed by atoms with Crippen molar-refractivity contribution in [3.8, 4) is 0 Å². The van der Waals surface area contributed by atoms with E-state index in [0.717, 1.165) is 34.6 Å². The van der Waals surface area contributed by atoms with Crippen LogP contribution in [-0.2, 0) is 22.8 Å². The molecule has 0 unspecified atom stereocenters. The highest BCUT2D eigenvalue weighted by molar-refractivity contribution is 7.90. The molecule has 2 aromatic heterocycles. The molecule has 23 heavy (non-hydrogen) atoms. The summed E-state index contributed by atoms with van der Waals surface area (Å²) in [5.41, 5.74) is 2.28. The van der Waals surface area contributed by atoms with Gasteiger partial charge in [-0.1, -0.05) is 24.9 Å². The molecule has 3 rings (SSSR count). The second-order valence-corrected chi connectivity index (χ2v) is 9.49. The first kappa shape index (κ1) is 16.6. The van der Waals surface area contributed by atoms with E-state index in [1.165, 1.54) is 16.8 Å². The van der Waals surface area contributed by atoms with Crippen molar-refractivity contribution in [2.24, 2.45) is 0 Å². The number of hydrogen-bond donors (Lipinski definition) is 0. The average Bonchev–Trinajstić information content (AvgIpc) is 3.03. The van der Waals surface area contributed by atoms with Gasteiger partial charge in [-0.05, 0) is 42.8 Å². The minimum atomic E-state index is -3.19. The molecule has 0 bridgehead atoms. The van der Waals surface area contributed by atoms with Gasteiger partial charge in [0.15, 0.2) is 9.84 Å². The van der Waals surface area contributed by atoms with Crippen LogP contribution in [0.2, 0.25) is 4.34 Å². The predicted octanol–water partition coefficient (Wildman–Crippen LogP) is 4.76. The summed E-state index contributed by atoms with van der Waals surface area (Å²) in [5, 5.41) is 0.971. The van der Waals surface area contributed by atoms with Gasteiger partial charge in [0.2, 0.25) is 0 Å². The molecule has 0 aliphatic carbocycles. The van der Waals surface area contributed by atoms with Crippen LogP contribution in [0.4, 0.5) is 0 Å². The molecule has 0 spiro atoms. The number of fused-ring (bicyclic) bond motifs is 1. The minimum Gasteiger partial charge on any atom is -0.339 e. The smallest absolute Gasteiger partial charge is 0.175 e. The zero-order valence-corrected chi connectivity index (χ0v) is 15.4. The first-order valence-electron chi connectivity index (χ1n) is 7.45. The highest BCUT2D eigenvalue weighted by Gasteiger charge is 2.13. The molecule has 0 aliphatic heterocycles. The lowest BCUT2D eigenvalue weighted by atomic mass is 10.2. The van der Waals surface area contributed by atoms with Gasteiger partial charge in [0.05, 0.1) is 15.8 Å². The third-order valence-corrected chi connectivity index (χ3v) is 6.16. The van der Waals surface area contributed by atoms with E-state index in [2.05, 4.69) is 17.6 Å². The monoisotopic (exact) mass is 367 g/mol. The van der Waals surface area contributed by atoms with Gasteiger partial charge >= 0.3 is 0 Å². The third kappa shape index (κ3) is 3.47. The van der Waals surface area contributed by atoms with Crippen LogP contribution >= 0.6 is 22.9 Å². The van der Waals surface area contributed by atoms with Crippen LogP contribution in [0, 0.1) is 0 Å². The van der Waals surface area contributed by atoms with Crippen molar-refractivity contribution in [1.29, 1.82) is 0 Å². The van der Waals surface area contributed by atoms with E-state index in [0.29, 0.717) is 4.90 Å². The summed E-state index contributed by atoms with van der Waals surface area (Å²) in [7, 11) is -3.19. The summed E-state index contributed by atoms with van der Waals surface area (Å²) in [5.74, 6) is 0. The lowest BCUT2D eigenvalue weighted by Gasteiger charge is -2.09. The molecule has 0 radical (unpaired) electrons. The van der Waals surface area contributed by atoms with E-state index >= 15 is 0 Å². The molecule has 2 heterocycles. The van der Waals surface area contributed by atoms with Crippen LogP contribution in [0.1, 0.15) is 23.9 Å². The molecule has 3 aromatic rings. The van der Waals surface area contributed by atoms with Crippen molar-refractivity contribution in [3.63, 3.8) is 0 Å². The second kappa shape index (κ2) is 6.30. The normalized spacial score (nSPS) is 12.1. The molecule has 122 valence electrons. The van der Waals surface area contributed by atoms with Crippen LogP contribution in [0.3, 0.4) is 0 Å². The van der Waals surface area contributed by atoms with Crippen LogP contribution in [0.15, 0.2) is 41.3 Å². The Balaban J connectivity index is 2.12. The Hall–Kier alpha value is -1.30. The molecule has 0 saturated carbocycles. The fourth-order valence-corrected chi connectivity index (χ4v) is 4.51. The topological polar surface area (TPSA) is 39.1 Å². The Morgan fingerprint density at radius 1 is 1.17 bits per heavy atom. The lowest BCUT2D eigenvalue weighted by molar-refractivity contribution is 0.602. The summed E-state index contributed by atoms with van der Waals surface area (Å²) in [6, 6.07) is 11.4. The summed E-state index contributed by atoms with van der Waals surface area (Å²) in [6.45, 7) is 2.90. The number of aryl methyl sites for hydroxylation is 1. The van der Waals surface area contributed by atoms with E-state index in [1.807, 2.05) is 18.2 Å². The van der Waals surface area contributed by atoms with Crippen LogP contribution in [-0.4, -0.2) is 19.2 Å². The van der Waals surface area contributed by atoms with Crippen molar-refractivity contribution in [2.45, 2.75) is 31.2 Å². The molecule has 0 N–H and O–H groups in total. The number of rotatable bonds is 5. The maximum Gasteiger partial charge on any atom is 0.175 e. The van der Waals surface area contributed by atoms with Gasteiger partial charge in [-0.25, -0.2) is 8.42 Å². The molecule has 3 nitrogen and oxygen atoms in total. The molecule has 0 saturated heterocycles. The van der Waals surface area contributed by atoms with Crippen molar-refractivity contribution in [3.05, 3.63) is 51.3 Å². The number of nitrogens with zero attached hydrogens (tertiary/aromatic N) is 1. The number of sulfone groups is 1. The molecule has 0 aliphatic rings. The lowest BCUT2D eigenvalue weighted by Crippen LogP contribution is -2.03. The molecular formula is C17H18ClNO2S2. The predicted molar refractivity (Wildman–Crippen MR) is 97.5 cm³/mol. The van der Waals surface area contributed by atoms with Gasteiger partial charge in [-0.2, -0.15) is 0 Å². The highest BCUT2D eigenvalue weighted by atomic mass is 35.5. The standard InChI is InChI=1S/C17H18ClNO2S2/c1-3-4-13-9-12-10-15(23(2,20)21)6-7-16(12)19(13)11-14-5-8-17(18)22-14/h5-10H,3-4,11H2,1-2H3. The van der Waals surface area contributed by atoms with E-state index in [9.17, 15) is 8.42 Å². The van der Waals surface area contributed by atoms with Gasteiger partial charge in [0, 0.05) is 27.7 Å². The number of hydrogen-bond acceptors (Lipinski definition) is 3. The molecule has 1 aromatic carbocycles. The Morgan fingerprint density at radius 2 is 1.96 bits per heavy atom. The van der Waals surface area contributed by atoms with Gasteiger partial charge in [-0.15, -0.1) is 11.3 Å². The van der Waals surface area contributed by atoms with Crippen LogP contribution < -0.4 is 0 Å². The average molecular weight is 368 g/mol. The SMILES string of the molecule is CCCc1cc2cc(S(C)(=O)=O)ccc2n1Cc1ccc(Cl)s1. The van der Waals surface area contributed by atoms with Crippen LogP contribution in [0.5, 0.6) is 0 Å². The summed E-state index contributed by atoms with van der Waals surface area (Å²) in [4.78, 5) is 1.56. The molecule has 6 heteroatoms. The fourth-order valence-electron chi connectivity index (χ4n) is 2.78. The van der Waals surface area contributed by atoms with Gasteiger partial charge in [0.1, 0.15) is 0 Å². The summed E-state index contributed by atoms with van der Waals surface area (Å²) in [6.07, 6.45) is 3.24. The van der Waals surface area contributed by atoms with Crippen molar-refractivity contribution < 1.29 is 8.42 Å². The summed E-state index contributed by atoms with van der Waals surface area (Å²) < 4.78 is 26.6. The fraction of sp³-hybridized carbons (Fsp3) is 0.294. The van der Waals surface area contributed by atoms with Crippen molar-refractivity contribution in [2.75, 3.05) is 6.26 Å². The quantitative estimate of drug-likeness (QED) is 0.652. The number of halogens is 1. The number of aromatic nitrogens is 1. The van der Waals surface area contributed by atoms with Crippen LogP contribution in [0.25, 0.3) is 10.9 Å². The Kier molecular flexibility index (Phi) is 4.54. The number of thiophene rings is 1. The van der Waals surface area contributed by atoms with Crippen molar-refractivity contribution in [1.82, 2.24) is 4.57 Å². The Morgan fingerprint density at radius 3 is 2.57 bits per heavy atom. The molecule has 0 amide bonds. The van der Waals surface area contributed by atoms with Gasteiger partial charge in [0.25, 0.3) is 0 Å². The number of benzene rings is 1. The summed E-state index contributed by atoms with van der Waals surface area (Å²) >= 11 is 7.61. The van der Waals surface area contributed by atoms with E-state index in [-0.39, 0.29) is 0 Å². The van der Waals surface area contributed by atoms with Gasteiger partial charge in [-0.3, -0.25) is 0 Å². The molecule has 0 atom stereocenters. The largest absolute Gasteiger partial charge is 0.339 e. The van der Waals surface area contributed by atoms with E-state index < -0.39 is 9.84 Å². The van der Waals surface area contributed by atoms with Gasteiger partial charge < -0.3 is 4.57 Å². The Labute approximate surface area is 145 Å². The Bertz CT molecular complexity index is 954. The zero-order valence-electron chi connectivity index (χ0n) is 13.0. The van der Waals surface area contributed by atoms with E-state index in [4.69, 9.17) is 11.6 Å². The molecular weight excluding hydrogens is 350 g/mol.